The highest BCUT2D eigenvalue weighted by atomic mass is 16.5. The molecule has 9 nitrogen and oxygen atoms in total. The van der Waals surface area contributed by atoms with Gasteiger partial charge >= 0.3 is 5.97 Å². The summed E-state index contributed by atoms with van der Waals surface area (Å²) in [6.07, 6.45) is 2.31. The minimum atomic E-state index is -0.840. The number of aliphatic hydroxyl groups excluding tert-OH is 1. The summed E-state index contributed by atoms with van der Waals surface area (Å²) in [4.78, 5) is 17.8. The van der Waals surface area contributed by atoms with Crippen LogP contribution in [0.4, 0.5) is 0 Å². The number of hydrogen-bond acceptors (Lipinski definition) is 8. The first-order valence-electron chi connectivity index (χ1n) is 12.2. The van der Waals surface area contributed by atoms with Crippen molar-refractivity contribution < 1.29 is 24.1 Å². The first-order valence-corrected chi connectivity index (χ1v) is 12.2. The molecular formula is C27H28N4O5. The molecule has 1 fully saturated rings. The van der Waals surface area contributed by atoms with Gasteiger partial charge in [0.2, 0.25) is 5.82 Å². The molecule has 1 saturated heterocycles. The molecule has 0 bridgehead atoms. The van der Waals surface area contributed by atoms with Crippen LogP contribution in [0, 0.1) is 0 Å². The minimum absolute atomic E-state index is 0.277. The van der Waals surface area contributed by atoms with Crippen molar-refractivity contribution in [2.45, 2.75) is 44.8 Å². The van der Waals surface area contributed by atoms with E-state index in [1.54, 1.807) is 12.1 Å². The van der Waals surface area contributed by atoms with Gasteiger partial charge in [-0.1, -0.05) is 78.3 Å². The maximum Gasteiger partial charge on any atom is 0.320 e. The number of aliphatic hydroxyl groups is 1. The van der Waals surface area contributed by atoms with Crippen molar-refractivity contribution in [2.24, 2.45) is 0 Å². The lowest BCUT2D eigenvalue weighted by Gasteiger charge is -2.24. The first kappa shape index (κ1) is 23.9. The lowest BCUT2D eigenvalue weighted by molar-refractivity contribution is -0.142. The van der Waals surface area contributed by atoms with Crippen LogP contribution < -0.4 is 0 Å². The summed E-state index contributed by atoms with van der Waals surface area (Å²) in [5.74, 6) is 0.558. The molecule has 36 heavy (non-hydrogen) atoms. The maximum atomic E-state index is 11.4. The molecule has 2 aromatic heterocycles. The fraction of sp³-hybridized carbons (Fsp3) is 0.333. The van der Waals surface area contributed by atoms with E-state index in [1.165, 1.54) is 0 Å². The van der Waals surface area contributed by atoms with Gasteiger partial charge in [-0.05, 0) is 31.4 Å². The third-order valence-corrected chi connectivity index (χ3v) is 6.56. The fourth-order valence-corrected chi connectivity index (χ4v) is 4.72. The van der Waals surface area contributed by atoms with E-state index in [-0.39, 0.29) is 12.4 Å². The Morgan fingerprint density at radius 2 is 1.86 bits per heavy atom. The standard InChI is InChI=1S/C27H28N4O5/c1-2-7-20-23(29-35-24(20)18-8-4-3-5-9-18)26-28-25(30-36-26)19-13-11-17(12-14-19)22(32)16-31-15-6-10-21(31)27(33)34/h3-5,8-9,11-14,21-22,32H,2,6-7,10,15-16H2,1H3,(H,33,34). The summed E-state index contributed by atoms with van der Waals surface area (Å²) in [5.41, 5.74) is 3.85. The van der Waals surface area contributed by atoms with E-state index in [1.807, 2.05) is 47.4 Å². The summed E-state index contributed by atoms with van der Waals surface area (Å²) < 4.78 is 11.2. The Kier molecular flexibility index (Phi) is 6.92. The molecule has 2 atom stereocenters. The van der Waals surface area contributed by atoms with Crippen molar-refractivity contribution in [1.29, 1.82) is 0 Å². The van der Waals surface area contributed by atoms with Gasteiger partial charge < -0.3 is 19.3 Å². The molecule has 2 unspecified atom stereocenters. The van der Waals surface area contributed by atoms with Crippen LogP contribution in [-0.4, -0.2) is 55.5 Å². The second-order valence-electron chi connectivity index (χ2n) is 9.01. The highest BCUT2D eigenvalue weighted by Gasteiger charge is 2.32. The third kappa shape index (κ3) is 4.80. The lowest BCUT2D eigenvalue weighted by Crippen LogP contribution is -2.38. The van der Waals surface area contributed by atoms with Crippen molar-refractivity contribution in [2.75, 3.05) is 13.1 Å². The van der Waals surface area contributed by atoms with Gasteiger partial charge in [0.25, 0.3) is 5.89 Å². The number of nitrogens with zero attached hydrogens (tertiary/aromatic N) is 4. The van der Waals surface area contributed by atoms with Crippen LogP contribution in [0.2, 0.25) is 0 Å². The van der Waals surface area contributed by atoms with E-state index >= 15 is 0 Å². The first-order chi connectivity index (χ1) is 17.5. The van der Waals surface area contributed by atoms with Crippen LogP contribution >= 0.6 is 0 Å². The maximum absolute atomic E-state index is 11.4. The van der Waals surface area contributed by atoms with Crippen molar-refractivity contribution in [3.8, 4) is 34.3 Å². The zero-order chi connectivity index (χ0) is 25.1. The molecule has 1 aliphatic rings. The zero-order valence-electron chi connectivity index (χ0n) is 20.0. The van der Waals surface area contributed by atoms with Crippen LogP contribution in [0.3, 0.4) is 0 Å². The number of aromatic nitrogens is 3. The lowest BCUT2D eigenvalue weighted by atomic mass is 10.0. The van der Waals surface area contributed by atoms with E-state index in [0.29, 0.717) is 35.8 Å². The molecule has 0 saturated carbocycles. The summed E-state index contributed by atoms with van der Waals surface area (Å²) in [6, 6.07) is 16.5. The second-order valence-corrected chi connectivity index (χ2v) is 9.01. The van der Waals surface area contributed by atoms with E-state index < -0.39 is 18.1 Å². The molecule has 9 heteroatoms. The molecule has 2 aromatic carbocycles. The Balaban J connectivity index is 1.33. The SMILES string of the molecule is CCCc1c(-c2nc(-c3ccc(C(O)CN4CCCC4C(=O)O)cc3)no2)noc1-c1ccccc1. The smallest absolute Gasteiger partial charge is 0.320 e. The molecule has 2 N–H and O–H groups in total. The highest BCUT2D eigenvalue weighted by Crippen LogP contribution is 2.33. The van der Waals surface area contributed by atoms with E-state index in [0.717, 1.165) is 36.0 Å². The topological polar surface area (TPSA) is 126 Å². The monoisotopic (exact) mass is 488 g/mol. The number of carboxylic acid groups (broad SMARTS) is 1. The number of carbonyl (C=O) groups is 1. The molecule has 5 rings (SSSR count). The van der Waals surface area contributed by atoms with E-state index in [9.17, 15) is 15.0 Å². The average molecular weight is 489 g/mol. The Morgan fingerprint density at radius 1 is 1.08 bits per heavy atom. The largest absolute Gasteiger partial charge is 0.480 e. The summed E-state index contributed by atoms with van der Waals surface area (Å²) in [5, 5.41) is 28.4. The molecule has 3 heterocycles. The fourth-order valence-electron chi connectivity index (χ4n) is 4.72. The van der Waals surface area contributed by atoms with Crippen LogP contribution in [0.25, 0.3) is 34.3 Å². The van der Waals surface area contributed by atoms with E-state index in [4.69, 9.17) is 9.05 Å². The normalized spacial score (nSPS) is 16.9. The Morgan fingerprint density at radius 3 is 2.58 bits per heavy atom. The zero-order valence-corrected chi connectivity index (χ0v) is 20.0. The van der Waals surface area contributed by atoms with Gasteiger partial charge in [-0.15, -0.1) is 0 Å². The van der Waals surface area contributed by atoms with Gasteiger partial charge in [-0.25, -0.2) is 0 Å². The van der Waals surface area contributed by atoms with Gasteiger partial charge in [0.15, 0.2) is 11.5 Å². The molecular weight excluding hydrogens is 460 g/mol. The summed E-state index contributed by atoms with van der Waals surface area (Å²) in [6.45, 7) is 3.04. The van der Waals surface area contributed by atoms with Crippen LogP contribution in [0.15, 0.2) is 63.6 Å². The van der Waals surface area contributed by atoms with Crippen molar-refractivity contribution >= 4 is 5.97 Å². The van der Waals surface area contributed by atoms with Crippen molar-refractivity contribution in [3.05, 3.63) is 65.7 Å². The predicted molar refractivity (Wildman–Crippen MR) is 132 cm³/mol. The quantitative estimate of drug-likeness (QED) is 0.348. The number of benzene rings is 2. The predicted octanol–water partition coefficient (Wildman–Crippen LogP) is 4.59. The second kappa shape index (κ2) is 10.4. The van der Waals surface area contributed by atoms with Gasteiger partial charge in [0, 0.05) is 23.2 Å². The van der Waals surface area contributed by atoms with E-state index in [2.05, 4.69) is 22.2 Å². The Bertz CT molecular complexity index is 1320. The van der Waals surface area contributed by atoms with Crippen molar-refractivity contribution in [1.82, 2.24) is 20.2 Å². The average Bonchev–Trinajstić information content (AvgIpc) is 3.65. The molecule has 0 aliphatic carbocycles. The Labute approximate surface area is 208 Å². The highest BCUT2D eigenvalue weighted by molar-refractivity contribution is 5.74. The van der Waals surface area contributed by atoms with Gasteiger partial charge in [-0.2, -0.15) is 4.98 Å². The Hall–Kier alpha value is -3.82. The summed E-state index contributed by atoms with van der Waals surface area (Å²) in [7, 11) is 0. The molecule has 186 valence electrons. The number of likely N-dealkylation sites (tertiary alicyclic amines) is 1. The third-order valence-electron chi connectivity index (χ3n) is 6.56. The minimum Gasteiger partial charge on any atom is -0.480 e. The van der Waals surface area contributed by atoms with Crippen molar-refractivity contribution in [3.63, 3.8) is 0 Å². The van der Waals surface area contributed by atoms with Crippen LogP contribution in [0.5, 0.6) is 0 Å². The molecule has 0 amide bonds. The van der Waals surface area contributed by atoms with Gasteiger partial charge in [0.05, 0.1) is 6.10 Å². The van der Waals surface area contributed by atoms with Gasteiger partial charge in [-0.3, -0.25) is 9.69 Å². The number of β-amino-alcohol motifs (C(OH)–C–C–N with tert-alkyl or cyclic N) is 1. The number of hydrogen-bond donors (Lipinski definition) is 2. The van der Waals surface area contributed by atoms with Crippen LogP contribution in [0.1, 0.15) is 43.4 Å². The number of rotatable bonds is 9. The molecule has 4 aromatic rings. The summed E-state index contributed by atoms with van der Waals surface area (Å²) >= 11 is 0. The molecule has 0 radical (unpaired) electrons. The number of carboxylic acids is 1. The van der Waals surface area contributed by atoms with Crippen LogP contribution in [-0.2, 0) is 11.2 Å². The molecule has 1 aliphatic heterocycles. The number of aliphatic carboxylic acids is 1. The van der Waals surface area contributed by atoms with Gasteiger partial charge in [0.1, 0.15) is 6.04 Å². The molecule has 0 spiro atoms.